The van der Waals surface area contributed by atoms with E-state index >= 15 is 0 Å². The first-order valence-corrected chi connectivity index (χ1v) is 24.4. The Labute approximate surface area is 401 Å². The summed E-state index contributed by atoms with van der Waals surface area (Å²) < 4.78 is 13.5. The van der Waals surface area contributed by atoms with Gasteiger partial charge in [0.05, 0.1) is 51.6 Å². The van der Waals surface area contributed by atoms with Gasteiger partial charge in [0.1, 0.15) is 18.0 Å². The van der Waals surface area contributed by atoms with Gasteiger partial charge in [0.15, 0.2) is 5.76 Å². The van der Waals surface area contributed by atoms with Gasteiger partial charge in [-0.15, -0.1) is 11.3 Å². The Kier molecular flexibility index (Phi) is 16.3. The number of rotatable bonds is 20. The van der Waals surface area contributed by atoms with E-state index in [1.807, 2.05) is 94.9 Å². The van der Waals surface area contributed by atoms with E-state index in [4.69, 9.17) is 26.1 Å². The molecule has 3 aromatic carbocycles. The van der Waals surface area contributed by atoms with Gasteiger partial charge in [-0.05, 0) is 110 Å². The Hall–Kier alpha value is -6.30. The number of hydrogen-bond donors (Lipinski definition) is 2. The summed E-state index contributed by atoms with van der Waals surface area (Å²) in [5.74, 6) is -0.186. The monoisotopic (exact) mass is 942 g/mol. The molecule has 6 aromatic rings. The molecule has 1 aliphatic heterocycles. The van der Waals surface area contributed by atoms with Crippen molar-refractivity contribution in [3.8, 4) is 33.6 Å². The van der Waals surface area contributed by atoms with E-state index in [1.54, 1.807) is 39.1 Å². The quantitative estimate of drug-likeness (QED) is 0.0708. The number of hydrogen-bond acceptors (Lipinski definition) is 10. The van der Waals surface area contributed by atoms with Crippen LogP contribution in [0.4, 0.5) is 0 Å². The van der Waals surface area contributed by atoms with Crippen molar-refractivity contribution in [3.05, 3.63) is 129 Å². The summed E-state index contributed by atoms with van der Waals surface area (Å²) in [5, 5.41) is 24.5. The van der Waals surface area contributed by atoms with Gasteiger partial charge in [0.25, 0.3) is 11.8 Å². The predicted octanol–water partition coefficient (Wildman–Crippen LogP) is 10.3. The number of carbonyl (C=O) groups is 3. The van der Waals surface area contributed by atoms with Crippen LogP contribution in [-0.4, -0.2) is 67.8 Å². The van der Waals surface area contributed by atoms with Crippen molar-refractivity contribution in [2.45, 2.75) is 111 Å². The highest BCUT2D eigenvalue weighted by atomic mass is 35.5. The lowest BCUT2D eigenvalue weighted by atomic mass is 9.91. The van der Waals surface area contributed by atoms with E-state index in [2.05, 4.69) is 51.0 Å². The molecule has 1 unspecified atom stereocenters. The van der Waals surface area contributed by atoms with Crippen LogP contribution in [0.25, 0.3) is 21.7 Å². The van der Waals surface area contributed by atoms with Gasteiger partial charge in [0.2, 0.25) is 11.8 Å². The third kappa shape index (κ3) is 12.4. The molecule has 1 fully saturated rings. The summed E-state index contributed by atoms with van der Waals surface area (Å²) in [6.45, 7) is 13.4. The third-order valence-corrected chi connectivity index (χ3v) is 13.6. The third-order valence-electron chi connectivity index (χ3n) is 12.3. The maximum atomic E-state index is 14.2. The number of halogens is 1. The molecule has 7 rings (SSSR count). The number of nitriles is 1. The zero-order valence-electron chi connectivity index (χ0n) is 39.0. The molecule has 15 heteroatoms. The van der Waals surface area contributed by atoms with Crippen LogP contribution in [-0.2, 0) is 22.6 Å². The van der Waals surface area contributed by atoms with Crippen molar-refractivity contribution in [1.82, 2.24) is 35.5 Å². The molecular weight excluding hydrogens is 884 g/mol. The molecule has 13 nitrogen and oxygen atoms in total. The van der Waals surface area contributed by atoms with E-state index in [0.717, 1.165) is 65.1 Å². The molecule has 0 aliphatic carbocycles. The second-order valence-electron chi connectivity index (χ2n) is 18.1. The Bertz CT molecular complexity index is 2670. The van der Waals surface area contributed by atoms with Crippen molar-refractivity contribution in [3.63, 3.8) is 0 Å². The SMILES string of the molecule is Cc1ncsc1-c1ccc([C@H](C)NC(=O)C2C[C@@H](C)CN2C(=O)[C@@H](c2cc(OCCCCCCc3ccc(C(=O)N[C@@H](C)Cn4ccc(-c5ccc(C#N)c(Cl)c5)n4)cc3)no2)C(C)C)cc1. The predicted molar refractivity (Wildman–Crippen MR) is 261 cm³/mol. The Morgan fingerprint density at radius 2 is 1.70 bits per heavy atom. The fourth-order valence-corrected chi connectivity index (χ4v) is 9.67. The first-order chi connectivity index (χ1) is 32.3. The normalized spacial score (nSPS) is 16.1. The van der Waals surface area contributed by atoms with Crippen LogP contribution < -0.4 is 15.4 Å². The molecule has 4 heterocycles. The van der Waals surface area contributed by atoms with Gasteiger partial charge in [-0.3, -0.25) is 19.1 Å². The highest BCUT2D eigenvalue weighted by Gasteiger charge is 2.43. The number of thiazole rings is 1. The van der Waals surface area contributed by atoms with Crippen molar-refractivity contribution in [1.29, 1.82) is 5.26 Å². The molecular formula is C52H59ClN8O5S. The Morgan fingerprint density at radius 1 is 0.955 bits per heavy atom. The van der Waals surface area contributed by atoms with Gasteiger partial charge >= 0.3 is 0 Å². The van der Waals surface area contributed by atoms with Crippen molar-refractivity contribution < 1.29 is 23.6 Å². The first kappa shape index (κ1) is 48.6. The molecule has 3 amide bonds. The summed E-state index contributed by atoms with van der Waals surface area (Å²) in [7, 11) is 0. The van der Waals surface area contributed by atoms with Gasteiger partial charge in [-0.1, -0.05) is 87.7 Å². The zero-order chi connectivity index (χ0) is 47.6. The topological polar surface area (TPSA) is 168 Å². The number of aromatic nitrogens is 4. The van der Waals surface area contributed by atoms with Gasteiger partial charge in [-0.2, -0.15) is 10.4 Å². The minimum atomic E-state index is -0.608. The highest BCUT2D eigenvalue weighted by molar-refractivity contribution is 7.13. The summed E-state index contributed by atoms with van der Waals surface area (Å²) in [5.41, 5.74) is 8.67. The molecule has 0 bridgehead atoms. The molecule has 0 radical (unpaired) electrons. The summed E-state index contributed by atoms with van der Waals surface area (Å²) >= 11 is 7.81. The van der Waals surface area contributed by atoms with Crippen molar-refractivity contribution in [2.75, 3.05) is 13.2 Å². The van der Waals surface area contributed by atoms with E-state index in [-0.39, 0.29) is 41.6 Å². The van der Waals surface area contributed by atoms with Gasteiger partial charge in [-0.25, -0.2) is 4.98 Å². The fourth-order valence-electron chi connectivity index (χ4n) is 8.63. The number of nitrogens with one attached hydrogen (secondary N) is 2. The Balaban J connectivity index is 0.810. The summed E-state index contributed by atoms with van der Waals surface area (Å²) in [6, 6.07) is 25.8. The number of carbonyl (C=O) groups excluding carboxylic acids is 3. The van der Waals surface area contributed by atoms with Crippen molar-refractivity contribution >= 4 is 40.7 Å². The largest absolute Gasteiger partial charge is 0.476 e. The fraction of sp³-hybridized carbons (Fsp3) is 0.404. The molecule has 0 saturated carbocycles. The molecule has 5 atom stereocenters. The first-order valence-electron chi connectivity index (χ1n) is 23.1. The smallest absolute Gasteiger partial charge is 0.254 e. The van der Waals surface area contributed by atoms with Crippen LogP contribution in [0.1, 0.15) is 117 Å². The van der Waals surface area contributed by atoms with Crippen LogP contribution in [0.5, 0.6) is 5.88 Å². The number of nitrogens with zero attached hydrogens (tertiary/aromatic N) is 6. The van der Waals surface area contributed by atoms with Crippen LogP contribution in [0.15, 0.2) is 95.1 Å². The second kappa shape index (κ2) is 22.5. The molecule has 2 N–H and O–H groups in total. The molecule has 67 heavy (non-hydrogen) atoms. The van der Waals surface area contributed by atoms with Gasteiger partial charge < -0.3 is 24.8 Å². The number of amides is 3. The standard InChI is InChI=1S/C52H59ClN8O5S/c1-32(2)48(52(64)61-29-33(3)25-45(61)51(63)57-35(5)38-16-18-39(19-17-38)49-36(6)55-31-67-49)46-27-47(59-66-46)65-24-10-8-7-9-11-37-12-14-40(15-13-37)50(62)56-34(4)30-60-23-22-44(58-60)41-20-21-42(28-54)43(53)26-41/h12-23,26-27,31-35,45,48H,7-11,24-25,29-30H2,1-6H3,(H,56,62)(H,57,63)/t33-,34+,35+,45?,48-/m1/s1. The molecule has 1 aliphatic rings. The summed E-state index contributed by atoms with van der Waals surface area (Å²) in [6.07, 6.45) is 7.19. The van der Waals surface area contributed by atoms with Crippen LogP contribution in [0.2, 0.25) is 5.02 Å². The zero-order valence-corrected chi connectivity index (χ0v) is 40.6. The Morgan fingerprint density at radius 3 is 2.40 bits per heavy atom. The summed E-state index contributed by atoms with van der Waals surface area (Å²) in [4.78, 5) is 48.2. The number of unbranched alkanes of at least 4 members (excludes halogenated alkanes) is 3. The minimum Gasteiger partial charge on any atom is -0.476 e. The van der Waals surface area contributed by atoms with Gasteiger partial charge in [0, 0.05) is 36.0 Å². The second-order valence-corrected chi connectivity index (χ2v) is 19.3. The maximum absolute atomic E-state index is 14.2. The molecule has 350 valence electrons. The highest BCUT2D eigenvalue weighted by Crippen LogP contribution is 2.34. The number of aryl methyl sites for hydroxylation is 2. The lowest BCUT2D eigenvalue weighted by Gasteiger charge is -2.29. The van der Waals surface area contributed by atoms with E-state index in [9.17, 15) is 14.4 Å². The number of benzene rings is 3. The number of likely N-dealkylation sites (tertiary alicyclic amines) is 1. The van der Waals surface area contributed by atoms with Crippen LogP contribution in [0, 0.1) is 30.1 Å². The molecule has 3 aromatic heterocycles. The molecule has 0 spiro atoms. The molecule has 1 saturated heterocycles. The maximum Gasteiger partial charge on any atom is 0.254 e. The number of ether oxygens (including phenoxy) is 1. The average molecular weight is 944 g/mol. The lowest BCUT2D eigenvalue weighted by molar-refractivity contribution is -0.141. The van der Waals surface area contributed by atoms with E-state index in [1.165, 1.54) is 5.56 Å². The van der Waals surface area contributed by atoms with Crippen LogP contribution >= 0.6 is 22.9 Å². The lowest BCUT2D eigenvalue weighted by Crippen LogP contribution is -2.48. The average Bonchev–Trinajstić information content (AvgIpc) is 4.15. The minimum absolute atomic E-state index is 0.0957. The van der Waals surface area contributed by atoms with Crippen LogP contribution in [0.3, 0.4) is 0 Å². The van der Waals surface area contributed by atoms with E-state index in [0.29, 0.717) is 53.9 Å². The van der Waals surface area contributed by atoms with Crippen molar-refractivity contribution in [2.24, 2.45) is 11.8 Å². The van der Waals surface area contributed by atoms with E-state index < -0.39 is 12.0 Å².